The van der Waals surface area contributed by atoms with Crippen molar-refractivity contribution in [2.75, 3.05) is 13.1 Å². The second kappa shape index (κ2) is 9.14. The van der Waals surface area contributed by atoms with Gasteiger partial charge in [-0.05, 0) is 52.2 Å². The zero-order valence-corrected chi connectivity index (χ0v) is 21.7. The van der Waals surface area contributed by atoms with Gasteiger partial charge in [-0.25, -0.2) is 4.79 Å². The molecule has 4 rings (SSSR count). The molecule has 2 unspecified atom stereocenters. The molecule has 1 aromatic rings. The highest BCUT2D eigenvalue weighted by atomic mass is 16.6. The summed E-state index contributed by atoms with van der Waals surface area (Å²) >= 11 is 0. The van der Waals surface area contributed by atoms with E-state index >= 15 is 0 Å². The van der Waals surface area contributed by atoms with E-state index in [0.717, 1.165) is 0 Å². The van der Waals surface area contributed by atoms with Crippen LogP contribution in [0.15, 0.2) is 12.1 Å². The van der Waals surface area contributed by atoms with Crippen molar-refractivity contribution in [1.29, 1.82) is 0 Å². The molecule has 2 saturated heterocycles. The van der Waals surface area contributed by atoms with Crippen LogP contribution in [0.25, 0.3) is 0 Å². The normalized spacial score (nSPS) is 26.1. The van der Waals surface area contributed by atoms with Gasteiger partial charge in [-0.1, -0.05) is 13.8 Å². The Hall–Kier alpha value is -3.01. The number of fused-ring (bicyclic) bond motifs is 1. The van der Waals surface area contributed by atoms with Gasteiger partial charge in [0, 0.05) is 31.3 Å². The molecule has 2 fully saturated rings. The number of ether oxygens (including phenoxy) is 1. The molecular weight excluding hydrogens is 464 g/mol. The molecule has 4 heterocycles. The Labute approximate surface area is 211 Å². The van der Waals surface area contributed by atoms with Crippen LogP contribution in [0, 0.1) is 5.41 Å². The first-order chi connectivity index (χ1) is 16.8. The SMILES string of the molecule is CCC1(CC)CN(C(=O)OC(C)(C)C)CCC1(O)c1ccc2c(n1)CN(C1CCC(=O)NC1=O)C2=O. The fourth-order valence-corrected chi connectivity index (χ4v) is 5.74. The first-order valence-electron chi connectivity index (χ1n) is 12.7. The summed E-state index contributed by atoms with van der Waals surface area (Å²) in [5.74, 6) is -1.12. The van der Waals surface area contributed by atoms with Crippen molar-refractivity contribution in [2.45, 2.75) is 90.5 Å². The summed E-state index contributed by atoms with van der Waals surface area (Å²) in [4.78, 5) is 57.6. The Bertz CT molecular complexity index is 1090. The van der Waals surface area contributed by atoms with Crippen LogP contribution >= 0.6 is 0 Å². The quantitative estimate of drug-likeness (QED) is 0.608. The number of hydrogen-bond donors (Lipinski definition) is 2. The van der Waals surface area contributed by atoms with Crippen molar-refractivity contribution < 1.29 is 29.0 Å². The maximum absolute atomic E-state index is 13.1. The number of carbonyl (C=O) groups excluding carboxylic acids is 4. The summed E-state index contributed by atoms with van der Waals surface area (Å²) in [7, 11) is 0. The van der Waals surface area contributed by atoms with Gasteiger partial charge >= 0.3 is 6.09 Å². The lowest BCUT2D eigenvalue weighted by atomic mass is 9.62. The largest absolute Gasteiger partial charge is 0.444 e. The Morgan fingerprint density at radius 1 is 1.22 bits per heavy atom. The van der Waals surface area contributed by atoms with Crippen molar-refractivity contribution in [3.8, 4) is 0 Å². The van der Waals surface area contributed by atoms with Crippen molar-refractivity contribution in [1.82, 2.24) is 20.1 Å². The summed E-state index contributed by atoms with van der Waals surface area (Å²) in [5, 5.41) is 14.4. The fraction of sp³-hybridized carbons (Fsp3) is 0.654. The summed E-state index contributed by atoms with van der Waals surface area (Å²) in [6.07, 6.45) is 1.56. The average Bonchev–Trinajstić information content (AvgIpc) is 3.14. The second-order valence-electron chi connectivity index (χ2n) is 11.1. The number of imide groups is 1. The third-order valence-electron chi connectivity index (χ3n) is 7.92. The fourth-order valence-electron chi connectivity index (χ4n) is 5.74. The van der Waals surface area contributed by atoms with Crippen molar-refractivity contribution in [3.05, 3.63) is 29.1 Å². The number of piperidine rings is 2. The van der Waals surface area contributed by atoms with Crippen molar-refractivity contribution in [2.24, 2.45) is 5.41 Å². The monoisotopic (exact) mass is 500 g/mol. The Morgan fingerprint density at radius 2 is 1.92 bits per heavy atom. The first-order valence-corrected chi connectivity index (χ1v) is 12.7. The lowest BCUT2D eigenvalue weighted by molar-refractivity contribution is -0.147. The molecule has 0 spiro atoms. The maximum atomic E-state index is 13.1. The van der Waals surface area contributed by atoms with Gasteiger partial charge in [-0.3, -0.25) is 24.7 Å². The van der Waals surface area contributed by atoms with E-state index in [1.165, 1.54) is 4.90 Å². The number of hydrogen-bond acceptors (Lipinski definition) is 7. The number of carbonyl (C=O) groups is 4. The minimum atomic E-state index is -1.31. The van der Waals surface area contributed by atoms with E-state index in [1.807, 2.05) is 34.6 Å². The topological polar surface area (TPSA) is 129 Å². The Morgan fingerprint density at radius 3 is 2.53 bits per heavy atom. The number of nitrogens with zero attached hydrogens (tertiary/aromatic N) is 3. The number of pyridine rings is 1. The van der Waals surface area contributed by atoms with E-state index in [2.05, 4.69) is 5.32 Å². The molecule has 0 bridgehead atoms. The molecule has 10 heteroatoms. The van der Waals surface area contributed by atoms with Gasteiger partial charge in [0.2, 0.25) is 11.8 Å². The van der Waals surface area contributed by atoms with Crippen LogP contribution < -0.4 is 5.32 Å². The maximum Gasteiger partial charge on any atom is 0.410 e. The number of amides is 4. The van der Waals surface area contributed by atoms with E-state index in [0.29, 0.717) is 42.9 Å². The molecule has 0 aliphatic carbocycles. The second-order valence-corrected chi connectivity index (χ2v) is 11.1. The van der Waals surface area contributed by atoms with Gasteiger partial charge in [0.25, 0.3) is 5.91 Å². The van der Waals surface area contributed by atoms with Crippen LogP contribution in [-0.2, 0) is 26.5 Å². The Balaban J connectivity index is 1.61. The van der Waals surface area contributed by atoms with E-state index in [4.69, 9.17) is 9.72 Å². The highest BCUT2D eigenvalue weighted by molar-refractivity contribution is 6.05. The third kappa shape index (κ3) is 4.36. The molecule has 1 aromatic heterocycles. The number of likely N-dealkylation sites (tertiary alicyclic amines) is 1. The smallest absolute Gasteiger partial charge is 0.410 e. The molecule has 3 aliphatic rings. The summed E-state index contributed by atoms with van der Waals surface area (Å²) < 4.78 is 5.58. The Kier molecular flexibility index (Phi) is 6.61. The molecule has 0 aromatic carbocycles. The van der Waals surface area contributed by atoms with Gasteiger partial charge in [0.05, 0.1) is 23.5 Å². The highest BCUT2D eigenvalue weighted by Crippen LogP contribution is 2.50. The minimum Gasteiger partial charge on any atom is -0.444 e. The van der Waals surface area contributed by atoms with Crippen LogP contribution in [0.4, 0.5) is 4.79 Å². The molecule has 10 nitrogen and oxygen atoms in total. The van der Waals surface area contributed by atoms with Gasteiger partial charge < -0.3 is 19.6 Å². The lowest BCUT2D eigenvalue weighted by Crippen LogP contribution is -2.59. The molecule has 0 radical (unpaired) electrons. The molecule has 0 saturated carbocycles. The number of nitrogens with one attached hydrogen (secondary N) is 1. The van der Waals surface area contributed by atoms with Crippen LogP contribution in [0.5, 0.6) is 0 Å². The van der Waals surface area contributed by atoms with Crippen LogP contribution in [0.2, 0.25) is 0 Å². The zero-order valence-electron chi connectivity index (χ0n) is 21.7. The zero-order chi connectivity index (χ0) is 26.5. The average molecular weight is 501 g/mol. The van der Waals surface area contributed by atoms with E-state index in [9.17, 15) is 24.3 Å². The molecule has 3 aliphatic heterocycles. The van der Waals surface area contributed by atoms with Gasteiger partial charge in [0.15, 0.2) is 0 Å². The van der Waals surface area contributed by atoms with Gasteiger partial charge in [-0.2, -0.15) is 0 Å². The van der Waals surface area contributed by atoms with Gasteiger partial charge in [-0.15, -0.1) is 0 Å². The summed E-state index contributed by atoms with van der Waals surface area (Å²) in [6.45, 7) is 10.2. The lowest BCUT2D eigenvalue weighted by Gasteiger charge is -2.53. The summed E-state index contributed by atoms with van der Waals surface area (Å²) in [5.41, 5.74) is -1.21. The van der Waals surface area contributed by atoms with E-state index < -0.39 is 34.7 Å². The van der Waals surface area contributed by atoms with Crippen LogP contribution in [-0.4, -0.2) is 68.4 Å². The van der Waals surface area contributed by atoms with Crippen LogP contribution in [0.3, 0.4) is 0 Å². The first kappa shape index (κ1) is 26.1. The molecule has 4 amide bonds. The predicted octanol–water partition coefficient (Wildman–Crippen LogP) is 2.48. The van der Waals surface area contributed by atoms with Gasteiger partial charge in [0.1, 0.15) is 17.2 Å². The predicted molar refractivity (Wildman–Crippen MR) is 130 cm³/mol. The molecular formula is C26H36N4O6. The summed E-state index contributed by atoms with van der Waals surface area (Å²) in [6, 6.07) is 2.63. The molecule has 196 valence electrons. The minimum absolute atomic E-state index is 0.139. The molecule has 2 N–H and O–H groups in total. The third-order valence-corrected chi connectivity index (χ3v) is 7.92. The molecule has 2 atom stereocenters. The standard InChI is InChI=1S/C26H36N4O6/c1-6-25(7-2)15-29(23(34)36-24(3,4)5)13-12-26(25,35)19-10-8-16-17(27-19)14-30(22(16)33)18-9-11-20(31)28-21(18)32/h8,10,18,35H,6-7,9,11-15H2,1-5H3,(H,28,31,32). The number of aliphatic hydroxyl groups is 1. The van der Waals surface area contributed by atoms with E-state index in [1.54, 1.807) is 17.0 Å². The van der Waals surface area contributed by atoms with Crippen molar-refractivity contribution >= 4 is 23.8 Å². The van der Waals surface area contributed by atoms with E-state index in [-0.39, 0.29) is 37.6 Å². The highest BCUT2D eigenvalue weighted by Gasteiger charge is 2.55. The van der Waals surface area contributed by atoms with Crippen molar-refractivity contribution in [3.63, 3.8) is 0 Å². The molecule has 36 heavy (non-hydrogen) atoms. The van der Waals surface area contributed by atoms with Crippen LogP contribution in [0.1, 0.15) is 88.5 Å². The number of rotatable bonds is 4. The number of aromatic nitrogens is 1.